The summed E-state index contributed by atoms with van der Waals surface area (Å²) >= 11 is 0. The first-order valence-corrected chi connectivity index (χ1v) is 7.94. The van der Waals surface area contributed by atoms with Gasteiger partial charge in [0.2, 0.25) is 0 Å². The zero-order valence-electron chi connectivity index (χ0n) is 14.6. The van der Waals surface area contributed by atoms with E-state index in [0.29, 0.717) is 5.92 Å². The van der Waals surface area contributed by atoms with E-state index in [-0.39, 0.29) is 5.54 Å². The van der Waals surface area contributed by atoms with Crippen LogP contribution in [0.2, 0.25) is 0 Å². The summed E-state index contributed by atoms with van der Waals surface area (Å²) in [4.78, 5) is 0. The number of benzene rings is 1. The SMILES string of the molecule is CC1=C(C)C(C)C(c2ccccc2CNC(C)(C)C)=C1C. The van der Waals surface area contributed by atoms with Gasteiger partial charge in [0.15, 0.2) is 0 Å². The van der Waals surface area contributed by atoms with Gasteiger partial charge in [-0.15, -0.1) is 0 Å². The molecule has 0 aromatic heterocycles. The number of allylic oxidation sites excluding steroid dienone is 4. The van der Waals surface area contributed by atoms with Gasteiger partial charge in [-0.25, -0.2) is 0 Å². The maximum Gasteiger partial charge on any atom is 0.0216 e. The second-order valence-electron chi connectivity index (χ2n) is 7.33. The maximum atomic E-state index is 3.62. The lowest BCUT2D eigenvalue weighted by atomic mass is 9.88. The molecule has 114 valence electrons. The molecule has 1 aromatic carbocycles. The van der Waals surface area contributed by atoms with E-state index in [1.165, 1.54) is 33.4 Å². The lowest BCUT2D eigenvalue weighted by Gasteiger charge is -2.23. The van der Waals surface area contributed by atoms with E-state index < -0.39 is 0 Å². The molecule has 0 saturated heterocycles. The third-order valence-electron chi connectivity index (χ3n) is 4.76. The fourth-order valence-electron chi connectivity index (χ4n) is 3.10. The molecule has 1 heteroatoms. The average molecular weight is 283 g/mol. The summed E-state index contributed by atoms with van der Waals surface area (Å²) in [5.41, 5.74) is 8.91. The molecular formula is C20H29N. The van der Waals surface area contributed by atoms with Crippen LogP contribution in [-0.4, -0.2) is 5.54 Å². The smallest absolute Gasteiger partial charge is 0.0216 e. The Morgan fingerprint density at radius 2 is 1.62 bits per heavy atom. The average Bonchev–Trinajstić information content (AvgIpc) is 2.61. The van der Waals surface area contributed by atoms with E-state index in [4.69, 9.17) is 0 Å². The van der Waals surface area contributed by atoms with Gasteiger partial charge < -0.3 is 5.32 Å². The highest BCUT2D eigenvalue weighted by atomic mass is 14.9. The molecule has 0 aliphatic heterocycles. The molecule has 21 heavy (non-hydrogen) atoms. The zero-order valence-corrected chi connectivity index (χ0v) is 14.6. The maximum absolute atomic E-state index is 3.62. The molecule has 0 radical (unpaired) electrons. The van der Waals surface area contributed by atoms with Crippen molar-refractivity contribution in [2.24, 2.45) is 5.92 Å². The van der Waals surface area contributed by atoms with E-state index in [9.17, 15) is 0 Å². The van der Waals surface area contributed by atoms with Crippen molar-refractivity contribution in [2.45, 2.75) is 60.5 Å². The van der Waals surface area contributed by atoms with Crippen LogP contribution in [0.3, 0.4) is 0 Å². The Balaban J connectivity index is 2.38. The summed E-state index contributed by atoms with van der Waals surface area (Å²) < 4.78 is 0. The summed E-state index contributed by atoms with van der Waals surface area (Å²) in [5.74, 6) is 0.529. The Labute approximate surface area is 130 Å². The van der Waals surface area contributed by atoms with Crippen molar-refractivity contribution in [3.05, 3.63) is 52.1 Å². The molecule has 0 heterocycles. The van der Waals surface area contributed by atoms with Crippen molar-refractivity contribution in [1.82, 2.24) is 5.32 Å². The van der Waals surface area contributed by atoms with Crippen LogP contribution in [0.15, 0.2) is 41.0 Å². The minimum Gasteiger partial charge on any atom is -0.308 e. The van der Waals surface area contributed by atoms with Crippen LogP contribution in [0.25, 0.3) is 5.57 Å². The van der Waals surface area contributed by atoms with Crippen LogP contribution in [0.5, 0.6) is 0 Å². The fourth-order valence-corrected chi connectivity index (χ4v) is 3.10. The predicted molar refractivity (Wildman–Crippen MR) is 93.2 cm³/mol. The Bertz CT molecular complexity index is 597. The molecule has 1 unspecified atom stereocenters. The third kappa shape index (κ3) is 3.29. The first-order valence-electron chi connectivity index (χ1n) is 7.94. The summed E-state index contributed by atoms with van der Waals surface area (Å²) in [6.45, 7) is 16.7. The highest BCUT2D eigenvalue weighted by Gasteiger charge is 2.26. The standard InChI is InChI=1S/C20H29N/c1-13-14(2)16(4)19(15(13)3)18-11-9-8-10-17(18)12-21-20(5,6)7/h8-11,15,21H,12H2,1-7H3. The molecule has 0 amide bonds. The third-order valence-corrected chi connectivity index (χ3v) is 4.76. The predicted octanol–water partition coefficient (Wildman–Crippen LogP) is 5.33. The minimum atomic E-state index is 0.141. The first-order chi connectivity index (χ1) is 9.72. The topological polar surface area (TPSA) is 12.0 Å². The van der Waals surface area contributed by atoms with Crippen molar-refractivity contribution in [3.8, 4) is 0 Å². The van der Waals surface area contributed by atoms with E-state index in [2.05, 4.69) is 78.0 Å². The molecule has 1 N–H and O–H groups in total. The lowest BCUT2D eigenvalue weighted by Crippen LogP contribution is -2.35. The van der Waals surface area contributed by atoms with Gasteiger partial charge in [-0.05, 0) is 69.4 Å². The number of hydrogen-bond acceptors (Lipinski definition) is 1. The molecule has 0 saturated carbocycles. The van der Waals surface area contributed by atoms with Crippen molar-refractivity contribution >= 4 is 5.57 Å². The Kier molecular flexibility index (Phi) is 4.43. The van der Waals surface area contributed by atoms with Crippen LogP contribution in [0.1, 0.15) is 59.6 Å². The quantitative estimate of drug-likeness (QED) is 0.790. The van der Waals surface area contributed by atoms with Gasteiger partial charge in [0, 0.05) is 18.0 Å². The van der Waals surface area contributed by atoms with Crippen LogP contribution >= 0.6 is 0 Å². The minimum absolute atomic E-state index is 0.141. The van der Waals surface area contributed by atoms with Crippen LogP contribution < -0.4 is 5.32 Å². The van der Waals surface area contributed by atoms with Gasteiger partial charge in [-0.1, -0.05) is 36.8 Å². The Morgan fingerprint density at radius 3 is 2.14 bits per heavy atom. The highest BCUT2D eigenvalue weighted by molar-refractivity contribution is 5.81. The van der Waals surface area contributed by atoms with E-state index in [1.54, 1.807) is 0 Å². The first kappa shape index (κ1) is 16.0. The van der Waals surface area contributed by atoms with Gasteiger partial charge in [0.25, 0.3) is 0 Å². The Morgan fingerprint density at radius 1 is 1.00 bits per heavy atom. The molecule has 1 aliphatic carbocycles. The Hall–Kier alpha value is -1.34. The molecule has 0 fully saturated rings. The largest absolute Gasteiger partial charge is 0.308 e. The van der Waals surface area contributed by atoms with Crippen LogP contribution in [0, 0.1) is 5.92 Å². The van der Waals surface area contributed by atoms with E-state index in [1.807, 2.05) is 0 Å². The molecule has 0 spiro atoms. The van der Waals surface area contributed by atoms with Gasteiger partial charge in [0.1, 0.15) is 0 Å². The molecule has 2 rings (SSSR count). The highest BCUT2D eigenvalue weighted by Crippen LogP contribution is 2.43. The molecule has 1 nitrogen and oxygen atoms in total. The normalized spacial score (nSPS) is 19.7. The van der Waals surface area contributed by atoms with Crippen molar-refractivity contribution < 1.29 is 0 Å². The second kappa shape index (κ2) is 5.81. The monoisotopic (exact) mass is 283 g/mol. The van der Waals surface area contributed by atoms with Gasteiger partial charge in [0.05, 0.1) is 0 Å². The molecule has 1 aromatic rings. The summed E-state index contributed by atoms with van der Waals surface area (Å²) in [7, 11) is 0. The molecule has 1 aliphatic rings. The van der Waals surface area contributed by atoms with Gasteiger partial charge >= 0.3 is 0 Å². The number of nitrogens with one attached hydrogen (secondary N) is 1. The lowest BCUT2D eigenvalue weighted by molar-refractivity contribution is 0.424. The molecular weight excluding hydrogens is 254 g/mol. The summed E-state index contributed by atoms with van der Waals surface area (Å²) in [5, 5.41) is 3.62. The van der Waals surface area contributed by atoms with Crippen LogP contribution in [0.4, 0.5) is 0 Å². The van der Waals surface area contributed by atoms with Crippen LogP contribution in [-0.2, 0) is 6.54 Å². The van der Waals surface area contributed by atoms with E-state index in [0.717, 1.165) is 6.54 Å². The van der Waals surface area contributed by atoms with Gasteiger partial charge in [-0.2, -0.15) is 0 Å². The van der Waals surface area contributed by atoms with Crippen molar-refractivity contribution in [3.63, 3.8) is 0 Å². The summed E-state index contributed by atoms with van der Waals surface area (Å²) in [6, 6.07) is 8.84. The molecule has 0 bridgehead atoms. The van der Waals surface area contributed by atoms with Crippen molar-refractivity contribution in [2.75, 3.05) is 0 Å². The summed E-state index contributed by atoms with van der Waals surface area (Å²) in [6.07, 6.45) is 0. The molecule has 1 atom stereocenters. The number of rotatable bonds is 3. The fraction of sp³-hybridized carbons (Fsp3) is 0.500. The number of hydrogen-bond donors (Lipinski definition) is 1. The van der Waals surface area contributed by atoms with Gasteiger partial charge in [-0.3, -0.25) is 0 Å². The van der Waals surface area contributed by atoms with E-state index >= 15 is 0 Å². The van der Waals surface area contributed by atoms with Crippen molar-refractivity contribution in [1.29, 1.82) is 0 Å². The second-order valence-corrected chi connectivity index (χ2v) is 7.33. The zero-order chi connectivity index (χ0) is 15.8.